The van der Waals surface area contributed by atoms with Gasteiger partial charge in [0.1, 0.15) is 17.5 Å². The normalized spacial score (nSPS) is 9.47. The Bertz CT molecular complexity index is 665. The molecule has 94 valence electrons. The van der Waals surface area contributed by atoms with Crippen LogP contribution >= 0.6 is 0 Å². The molecule has 0 saturated carbocycles. The van der Waals surface area contributed by atoms with E-state index in [0.29, 0.717) is 24.3 Å². The van der Waals surface area contributed by atoms with Gasteiger partial charge in [0.2, 0.25) is 0 Å². The van der Waals surface area contributed by atoms with Gasteiger partial charge in [-0.1, -0.05) is 11.8 Å². The first-order valence-electron chi connectivity index (χ1n) is 5.79. The third kappa shape index (κ3) is 2.74. The smallest absolute Gasteiger partial charge is 0.145 e. The molecule has 0 bridgehead atoms. The number of nitrogen functional groups attached to an aromatic ring is 1. The molecule has 0 aliphatic rings. The molecule has 2 rings (SSSR count). The Morgan fingerprint density at radius 1 is 1.26 bits per heavy atom. The fourth-order valence-electron chi connectivity index (χ4n) is 1.57. The summed E-state index contributed by atoms with van der Waals surface area (Å²) in [5, 5.41) is 12.9. The zero-order valence-corrected chi connectivity index (χ0v) is 10.3. The lowest BCUT2D eigenvalue weighted by atomic mass is 10.2. The Labute approximate surface area is 111 Å². The molecular formula is C14H13N5. The summed E-state index contributed by atoms with van der Waals surface area (Å²) in [6.07, 6.45) is 2.13. The Kier molecular flexibility index (Phi) is 3.82. The average Bonchev–Trinajstić information content (AvgIpc) is 2.81. The third-order valence-corrected chi connectivity index (χ3v) is 2.54. The molecule has 0 radical (unpaired) electrons. The van der Waals surface area contributed by atoms with E-state index in [1.54, 1.807) is 0 Å². The fraction of sp³-hybridized carbons (Fsp3) is 0.143. The first-order valence-corrected chi connectivity index (χ1v) is 5.79. The summed E-state index contributed by atoms with van der Waals surface area (Å²) < 4.78 is 1.52. The lowest BCUT2D eigenvalue weighted by Gasteiger charge is -2.03. The monoisotopic (exact) mass is 251 g/mol. The number of nitrogens with zero attached hydrogens (tertiary/aromatic N) is 3. The Morgan fingerprint density at radius 2 is 2.00 bits per heavy atom. The number of hydrogen-bond donors (Lipinski definition) is 2. The summed E-state index contributed by atoms with van der Waals surface area (Å²) in [7, 11) is 0. The van der Waals surface area contributed by atoms with E-state index in [-0.39, 0.29) is 0 Å². The van der Waals surface area contributed by atoms with E-state index >= 15 is 0 Å². The predicted molar refractivity (Wildman–Crippen MR) is 73.2 cm³/mol. The maximum Gasteiger partial charge on any atom is 0.145 e. The van der Waals surface area contributed by atoms with Gasteiger partial charge < -0.3 is 11.5 Å². The molecule has 1 aromatic heterocycles. The number of rotatable bonds is 2. The van der Waals surface area contributed by atoms with E-state index in [9.17, 15) is 0 Å². The predicted octanol–water partition coefficient (Wildman–Crippen LogP) is 1.03. The van der Waals surface area contributed by atoms with Crippen molar-refractivity contribution in [3.05, 3.63) is 41.6 Å². The number of anilines is 1. The second kappa shape index (κ2) is 5.72. The summed E-state index contributed by atoms with van der Waals surface area (Å²) in [5.41, 5.74) is 13.3. The van der Waals surface area contributed by atoms with Gasteiger partial charge in [-0.3, -0.25) is 0 Å². The van der Waals surface area contributed by atoms with Gasteiger partial charge in [-0.15, -0.1) is 0 Å². The van der Waals surface area contributed by atoms with Crippen molar-refractivity contribution in [2.45, 2.75) is 6.42 Å². The van der Waals surface area contributed by atoms with E-state index < -0.39 is 0 Å². The molecule has 0 unspecified atom stereocenters. The molecule has 0 saturated heterocycles. The Morgan fingerprint density at radius 3 is 2.58 bits per heavy atom. The van der Waals surface area contributed by atoms with Crippen LogP contribution in [0.4, 0.5) is 5.82 Å². The lowest BCUT2D eigenvalue weighted by Crippen LogP contribution is -2.02. The molecule has 0 spiro atoms. The minimum Gasteiger partial charge on any atom is -0.382 e. The fourth-order valence-corrected chi connectivity index (χ4v) is 1.57. The molecule has 5 heteroatoms. The van der Waals surface area contributed by atoms with Crippen LogP contribution < -0.4 is 11.5 Å². The lowest BCUT2D eigenvalue weighted by molar-refractivity contribution is 0.891. The molecule has 19 heavy (non-hydrogen) atoms. The number of nitriles is 1. The number of benzene rings is 1. The number of hydrogen-bond acceptors (Lipinski definition) is 4. The Hall–Kier alpha value is -2.76. The third-order valence-electron chi connectivity index (χ3n) is 2.54. The van der Waals surface area contributed by atoms with E-state index in [0.717, 1.165) is 11.3 Å². The summed E-state index contributed by atoms with van der Waals surface area (Å²) in [6, 6.07) is 9.47. The zero-order valence-electron chi connectivity index (χ0n) is 10.3. The van der Waals surface area contributed by atoms with Gasteiger partial charge in [0.25, 0.3) is 0 Å². The number of nitrogens with two attached hydrogens (primary N) is 2. The maximum atomic E-state index is 8.83. The highest BCUT2D eigenvalue weighted by atomic mass is 15.3. The molecule has 0 aliphatic carbocycles. The van der Waals surface area contributed by atoms with E-state index in [1.165, 1.54) is 10.9 Å². The highest BCUT2D eigenvalue weighted by Gasteiger charge is 2.07. The first-order chi connectivity index (χ1) is 9.26. The van der Waals surface area contributed by atoms with Crippen LogP contribution in [0.2, 0.25) is 0 Å². The molecule has 0 aliphatic heterocycles. The van der Waals surface area contributed by atoms with Crippen molar-refractivity contribution in [2.75, 3.05) is 12.3 Å². The maximum absolute atomic E-state index is 8.83. The van der Waals surface area contributed by atoms with E-state index in [2.05, 4.69) is 16.9 Å². The van der Waals surface area contributed by atoms with Crippen LogP contribution in [0.5, 0.6) is 0 Å². The molecule has 4 N–H and O–H groups in total. The van der Waals surface area contributed by atoms with Crippen molar-refractivity contribution in [1.82, 2.24) is 9.78 Å². The second-order valence-electron chi connectivity index (χ2n) is 3.85. The highest BCUT2D eigenvalue weighted by molar-refractivity contribution is 5.53. The minimum atomic E-state index is 0.337. The number of aromatic nitrogens is 2. The molecule has 2 aromatic rings. The van der Waals surface area contributed by atoms with Crippen LogP contribution in [0.3, 0.4) is 0 Å². The van der Waals surface area contributed by atoms with Gasteiger partial charge in [0.05, 0.1) is 11.9 Å². The second-order valence-corrected chi connectivity index (χ2v) is 3.85. The largest absolute Gasteiger partial charge is 0.382 e. The van der Waals surface area contributed by atoms with Crippen LogP contribution in [0.15, 0.2) is 30.5 Å². The zero-order chi connectivity index (χ0) is 13.7. The van der Waals surface area contributed by atoms with Gasteiger partial charge in [-0.25, -0.2) is 4.68 Å². The SMILES string of the molecule is N#Cc1cnn(-c2ccc(C#CCCN)cc2)c1N. The quantitative estimate of drug-likeness (QED) is 0.779. The van der Waals surface area contributed by atoms with Crippen molar-refractivity contribution < 1.29 is 0 Å². The van der Waals surface area contributed by atoms with Gasteiger partial charge in [-0.2, -0.15) is 10.4 Å². The van der Waals surface area contributed by atoms with Crippen molar-refractivity contribution in [3.63, 3.8) is 0 Å². The minimum absolute atomic E-state index is 0.337. The van der Waals surface area contributed by atoms with Crippen LogP contribution in [-0.4, -0.2) is 16.3 Å². The van der Waals surface area contributed by atoms with Crippen LogP contribution in [0.25, 0.3) is 5.69 Å². The first kappa shape index (κ1) is 12.7. The Balaban J connectivity index is 2.26. The van der Waals surface area contributed by atoms with Gasteiger partial charge in [0.15, 0.2) is 0 Å². The standard InChI is InChI=1S/C14H13N5/c15-8-2-1-3-11-4-6-13(7-5-11)19-14(17)12(9-16)10-18-19/h4-7,10H,2,8,15,17H2. The van der Waals surface area contributed by atoms with Gasteiger partial charge in [0, 0.05) is 18.5 Å². The van der Waals surface area contributed by atoms with Gasteiger partial charge in [-0.05, 0) is 24.3 Å². The highest BCUT2D eigenvalue weighted by Crippen LogP contribution is 2.16. The van der Waals surface area contributed by atoms with Crippen LogP contribution in [0, 0.1) is 23.2 Å². The molecule has 1 aromatic carbocycles. The van der Waals surface area contributed by atoms with E-state index in [4.69, 9.17) is 16.7 Å². The van der Waals surface area contributed by atoms with Crippen molar-refractivity contribution in [2.24, 2.45) is 5.73 Å². The van der Waals surface area contributed by atoms with Gasteiger partial charge >= 0.3 is 0 Å². The summed E-state index contributed by atoms with van der Waals surface area (Å²) in [5.74, 6) is 6.32. The van der Waals surface area contributed by atoms with Crippen LogP contribution in [0.1, 0.15) is 17.5 Å². The molecule has 0 amide bonds. The molecule has 0 fully saturated rings. The summed E-state index contributed by atoms with van der Waals surface area (Å²) in [4.78, 5) is 0. The van der Waals surface area contributed by atoms with Crippen molar-refractivity contribution in [1.29, 1.82) is 5.26 Å². The summed E-state index contributed by atoms with van der Waals surface area (Å²) >= 11 is 0. The van der Waals surface area contributed by atoms with Crippen molar-refractivity contribution >= 4 is 5.82 Å². The van der Waals surface area contributed by atoms with E-state index in [1.807, 2.05) is 30.3 Å². The van der Waals surface area contributed by atoms with Crippen LogP contribution in [-0.2, 0) is 0 Å². The molecular weight excluding hydrogens is 238 g/mol. The summed E-state index contributed by atoms with van der Waals surface area (Å²) in [6.45, 7) is 0.561. The molecule has 5 nitrogen and oxygen atoms in total. The topological polar surface area (TPSA) is 93.6 Å². The van der Waals surface area contributed by atoms with Crippen molar-refractivity contribution in [3.8, 4) is 23.6 Å². The average molecular weight is 251 g/mol. The molecule has 1 heterocycles. The molecule has 0 atom stereocenters.